The third-order valence-corrected chi connectivity index (χ3v) is 5.42. The van der Waals surface area contributed by atoms with Crippen LogP contribution in [0.2, 0.25) is 5.02 Å². The Bertz CT molecular complexity index is 1060. The van der Waals surface area contributed by atoms with E-state index in [1.807, 2.05) is 54.6 Å². The van der Waals surface area contributed by atoms with Crippen molar-refractivity contribution in [3.63, 3.8) is 0 Å². The Hall–Kier alpha value is -2.83. The summed E-state index contributed by atoms with van der Waals surface area (Å²) < 4.78 is 0. The van der Waals surface area contributed by atoms with Gasteiger partial charge in [-0.25, -0.2) is 4.98 Å². The smallest absolute Gasteiger partial charge is 0.251 e. The average Bonchev–Trinajstić information content (AvgIpc) is 3.15. The van der Waals surface area contributed by atoms with Crippen LogP contribution >= 0.6 is 23.4 Å². The van der Waals surface area contributed by atoms with E-state index in [0.717, 1.165) is 33.1 Å². The number of hydrogen-bond acceptors (Lipinski definition) is 4. The van der Waals surface area contributed by atoms with E-state index in [1.165, 1.54) is 0 Å². The summed E-state index contributed by atoms with van der Waals surface area (Å²) in [6.07, 6.45) is 3.50. The van der Waals surface area contributed by atoms with E-state index >= 15 is 0 Å². The molecule has 0 radical (unpaired) electrons. The highest BCUT2D eigenvalue weighted by Gasteiger charge is 2.07. The van der Waals surface area contributed by atoms with Crippen molar-refractivity contribution in [1.82, 2.24) is 20.3 Å². The van der Waals surface area contributed by atoms with Crippen molar-refractivity contribution in [2.45, 2.75) is 17.5 Å². The predicted octanol–water partition coefficient (Wildman–Crippen LogP) is 4.83. The van der Waals surface area contributed by atoms with Crippen LogP contribution in [-0.2, 0) is 12.3 Å². The standard InChI is InChI=1S/C21H17ClN4OS/c22-17-7-3-14(4-8-17)11-24-20(27)16-5-1-15(2-6-16)13-28-21-25-18-9-10-23-12-19(18)26-21/h1-10,12H,11,13H2,(H,24,27)(H,25,26). The summed E-state index contributed by atoms with van der Waals surface area (Å²) in [5.41, 5.74) is 4.60. The summed E-state index contributed by atoms with van der Waals surface area (Å²) in [4.78, 5) is 24.2. The van der Waals surface area contributed by atoms with Gasteiger partial charge in [0, 0.05) is 29.1 Å². The lowest BCUT2D eigenvalue weighted by Crippen LogP contribution is -2.22. The summed E-state index contributed by atoms with van der Waals surface area (Å²) in [5, 5.41) is 4.46. The minimum absolute atomic E-state index is 0.0982. The van der Waals surface area contributed by atoms with Gasteiger partial charge in [-0.2, -0.15) is 0 Å². The topological polar surface area (TPSA) is 70.7 Å². The molecule has 4 rings (SSSR count). The first-order chi connectivity index (χ1) is 13.7. The van der Waals surface area contributed by atoms with Crippen molar-refractivity contribution in [2.75, 3.05) is 0 Å². The molecule has 0 saturated heterocycles. The fraction of sp³-hybridized carbons (Fsp3) is 0.0952. The van der Waals surface area contributed by atoms with Crippen LogP contribution in [0.5, 0.6) is 0 Å². The molecule has 1 amide bonds. The zero-order chi connectivity index (χ0) is 19.3. The highest BCUT2D eigenvalue weighted by atomic mass is 35.5. The molecular formula is C21H17ClN4OS. The summed E-state index contributed by atoms with van der Waals surface area (Å²) in [6, 6.07) is 16.9. The SMILES string of the molecule is O=C(NCc1ccc(Cl)cc1)c1ccc(CSc2nc3ccncc3[nH]2)cc1. The quantitative estimate of drug-likeness (QED) is 0.448. The molecule has 2 aromatic carbocycles. The summed E-state index contributed by atoms with van der Waals surface area (Å²) in [6.45, 7) is 0.467. The number of pyridine rings is 1. The number of amides is 1. The zero-order valence-corrected chi connectivity index (χ0v) is 16.4. The first-order valence-corrected chi connectivity index (χ1v) is 10.1. The van der Waals surface area contributed by atoms with Crippen LogP contribution in [0.3, 0.4) is 0 Å². The van der Waals surface area contributed by atoms with Gasteiger partial charge in [0.25, 0.3) is 5.91 Å². The molecule has 0 bridgehead atoms. The van der Waals surface area contributed by atoms with Crippen molar-refractivity contribution in [3.05, 3.63) is 88.7 Å². The fourth-order valence-electron chi connectivity index (χ4n) is 2.69. The lowest BCUT2D eigenvalue weighted by atomic mass is 10.1. The molecule has 0 aliphatic heterocycles. The molecule has 4 aromatic rings. The first kappa shape index (κ1) is 18.5. The van der Waals surface area contributed by atoms with Gasteiger partial charge in [-0.3, -0.25) is 9.78 Å². The number of halogens is 1. The van der Waals surface area contributed by atoms with Crippen LogP contribution < -0.4 is 5.32 Å². The molecule has 0 aliphatic rings. The Morgan fingerprint density at radius 3 is 2.54 bits per heavy atom. The van der Waals surface area contributed by atoms with Crippen LogP contribution in [-0.4, -0.2) is 20.9 Å². The summed E-state index contributed by atoms with van der Waals surface area (Å²) >= 11 is 7.49. The monoisotopic (exact) mass is 408 g/mol. The number of imidazole rings is 1. The molecular weight excluding hydrogens is 392 g/mol. The van der Waals surface area contributed by atoms with Crippen LogP contribution in [0.1, 0.15) is 21.5 Å². The number of rotatable bonds is 6. The lowest BCUT2D eigenvalue weighted by Gasteiger charge is -2.06. The number of thioether (sulfide) groups is 1. The molecule has 5 nitrogen and oxygen atoms in total. The van der Waals surface area contributed by atoms with Crippen molar-refractivity contribution < 1.29 is 4.79 Å². The van der Waals surface area contributed by atoms with Gasteiger partial charge in [0.15, 0.2) is 5.16 Å². The van der Waals surface area contributed by atoms with Crippen LogP contribution in [0.25, 0.3) is 11.0 Å². The third-order valence-electron chi connectivity index (χ3n) is 4.22. The van der Waals surface area contributed by atoms with Crippen molar-refractivity contribution >= 4 is 40.3 Å². The molecule has 2 N–H and O–H groups in total. The van der Waals surface area contributed by atoms with Crippen LogP contribution in [0.15, 0.2) is 72.1 Å². The molecule has 2 heterocycles. The first-order valence-electron chi connectivity index (χ1n) is 8.71. The second kappa shape index (κ2) is 8.46. The number of nitrogens with one attached hydrogen (secondary N) is 2. The van der Waals surface area contributed by atoms with Gasteiger partial charge in [0.1, 0.15) is 0 Å². The van der Waals surface area contributed by atoms with Crippen LogP contribution in [0, 0.1) is 0 Å². The van der Waals surface area contributed by atoms with Crippen molar-refractivity contribution in [3.8, 4) is 0 Å². The maximum absolute atomic E-state index is 12.3. The number of carbonyl (C=O) groups is 1. The van der Waals surface area contributed by atoms with E-state index in [-0.39, 0.29) is 5.91 Å². The Morgan fingerprint density at radius 2 is 1.79 bits per heavy atom. The molecule has 7 heteroatoms. The molecule has 0 saturated carbocycles. The Labute approximate surface area is 171 Å². The van der Waals surface area contributed by atoms with Gasteiger partial charge < -0.3 is 10.3 Å². The second-order valence-corrected chi connectivity index (χ2v) is 7.63. The molecule has 0 unspecified atom stereocenters. The van der Waals surface area contributed by atoms with E-state index < -0.39 is 0 Å². The highest BCUT2D eigenvalue weighted by molar-refractivity contribution is 7.98. The summed E-state index contributed by atoms with van der Waals surface area (Å²) in [7, 11) is 0. The van der Waals surface area contributed by atoms with Crippen molar-refractivity contribution in [2.24, 2.45) is 0 Å². The second-order valence-electron chi connectivity index (χ2n) is 6.23. The molecule has 28 heavy (non-hydrogen) atoms. The number of fused-ring (bicyclic) bond motifs is 1. The number of benzene rings is 2. The Balaban J connectivity index is 1.32. The maximum atomic E-state index is 12.3. The van der Waals surface area contributed by atoms with E-state index in [2.05, 4.69) is 20.3 Å². The molecule has 2 aromatic heterocycles. The molecule has 0 atom stereocenters. The lowest BCUT2D eigenvalue weighted by molar-refractivity contribution is 0.0951. The van der Waals surface area contributed by atoms with E-state index in [9.17, 15) is 4.79 Å². The van der Waals surface area contributed by atoms with Gasteiger partial charge in [-0.15, -0.1) is 0 Å². The molecule has 0 aliphatic carbocycles. The van der Waals surface area contributed by atoms with E-state index in [0.29, 0.717) is 17.1 Å². The number of carbonyl (C=O) groups excluding carboxylic acids is 1. The third kappa shape index (κ3) is 4.52. The molecule has 140 valence electrons. The number of aromatic amines is 1. The summed E-state index contributed by atoms with van der Waals surface area (Å²) in [5.74, 6) is 0.666. The van der Waals surface area contributed by atoms with Gasteiger partial charge in [-0.05, 0) is 41.5 Å². The Kier molecular flexibility index (Phi) is 5.60. The average molecular weight is 409 g/mol. The number of H-pyrrole nitrogens is 1. The van der Waals surface area contributed by atoms with Gasteiger partial charge in [0.2, 0.25) is 0 Å². The van der Waals surface area contributed by atoms with Gasteiger partial charge in [-0.1, -0.05) is 47.6 Å². The van der Waals surface area contributed by atoms with Gasteiger partial charge >= 0.3 is 0 Å². The number of aromatic nitrogens is 3. The highest BCUT2D eigenvalue weighted by Crippen LogP contribution is 2.22. The minimum Gasteiger partial charge on any atom is -0.348 e. The van der Waals surface area contributed by atoms with Crippen molar-refractivity contribution in [1.29, 1.82) is 0 Å². The molecule has 0 spiro atoms. The maximum Gasteiger partial charge on any atom is 0.251 e. The van der Waals surface area contributed by atoms with Gasteiger partial charge in [0.05, 0.1) is 17.2 Å². The predicted molar refractivity (Wildman–Crippen MR) is 113 cm³/mol. The van der Waals surface area contributed by atoms with Crippen LogP contribution in [0.4, 0.5) is 0 Å². The Morgan fingerprint density at radius 1 is 1.04 bits per heavy atom. The van der Waals surface area contributed by atoms with E-state index in [1.54, 1.807) is 24.2 Å². The number of hydrogen-bond donors (Lipinski definition) is 2. The largest absolute Gasteiger partial charge is 0.348 e. The normalized spacial score (nSPS) is 10.9. The zero-order valence-electron chi connectivity index (χ0n) is 14.9. The van der Waals surface area contributed by atoms with E-state index in [4.69, 9.17) is 11.6 Å². The molecule has 0 fully saturated rings. The number of nitrogens with zero attached hydrogens (tertiary/aromatic N) is 2. The minimum atomic E-state index is -0.0982. The fourth-order valence-corrected chi connectivity index (χ4v) is 3.66.